The zero-order valence-electron chi connectivity index (χ0n) is 14.5. The molecule has 140 valence electrons. The number of amides is 1. The van der Waals surface area contributed by atoms with E-state index in [-0.39, 0.29) is 16.9 Å². The number of nitrogens with two attached hydrogens (primary N) is 1. The molecule has 2 aromatic rings. The summed E-state index contributed by atoms with van der Waals surface area (Å²) in [7, 11) is -3.17. The minimum Gasteiger partial charge on any atom is -0.325 e. The number of nitrogens with zero attached hydrogens (tertiary/aromatic N) is 1. The van der Waals surface area contributed by atoms with Gasteiger partial charge in [-0.1, -0.05) is 31.4 Å². The Hall–Kier alpha value is -1.77. The number of carbonyl (C=O) groups excluding carboxylic acids is 1. The number of nitrogens with one attached hydrogen (secondary N) is 1. The molecule has 26 heavy (non-hydrogen) atoms. The molecule has 0 aliphatic heterocycles. The number of thiazole rings is 1. The number of aromatic nitrogens is 1. The van der Waals surface area contributed by atoms with E-state index < -0.39 is 9.84 Å². The highest BCUT2D eigenvalue weighted by Crippen LogP contribution is 2.26. The van der Waals surface area contributed by atoms with Crippen LogP contribution < -0.4 is 11.1 Å². The Morgan fingerprint density at radius 3 is 2.73 bits per heavy atom. The molecule has 0 spiro atoms. The lowest BCUT2D eigenvalue weighted by atomic mass is 10.0. The van der Waals surface area contributed by atoms with Crippen LogP contribution in [0.4, 0.5) is 5.69 Å². The summed E-state index contributed by atoms with van der Waals surface area (Å²) in [4.78, 5) is 16.4. The topological polar surface area (TPSA) is 102 Å². The smallest absolute Gasteiger partial charge is 0.275 e. The zero-order chi connectivity index (χ0) is 18.6. The lowest BCUT2D eigenvalue weighted by molar-refractivity contribution is 0.102. The summed E-state index contributed by atoms with van der Waals surface area (Å²) in [5.41, 5.74) is 7.08. The molecule has 1 heterocycles. The van der Waals surface area contributed by atoms with Crippen molar-refractivity contribution in [3.63, 3.8) is 0 Å². The van der Waals surface area contributed by atoms with Gasteiger partial charge in [0.15, 0.2) is 9.84 Å². The second kappa shape index (κ2) is 8.28. The number of hydrogen-bond acceptors (Lipinski definition) is 6. The SMILES string of the molecule is NCc1nc(C(=O)Nc2cccc(CS(=O)(=O)C3CCCCC3)c2)cs1. The first-order valence-corrected chi connectivity index (χ1v) is 11.3. The predicted molar refractivity (Wildman–Crippen MR) is 104 cm³/mol. The molecule has 1 aliphatic carbocycles. The van der Waals surface area contributed by atoms with Crippen LogP contribution in [0.2, 0.25) is 0 Å². The summed E-state index contributed by atoms with van der Waals surface area (Å²) in [5, 5.41) is 4.89. The Kier molecular flexibility index (Phi) is 6.05. The van der Waals surface area contributed by atoms with Crippen LogP contribution in [0.1, 0.15) is 53.2 Å². The van der Waals surface area contributed by atoms with Crippen molar-refractivity contribution in [1.82, 2.24) is 4.98 Å². The molecule has 1 amide bonds. The third kappa shape index (κ3) is 4.69. The summed E-state index contributed by atoms with van der Waals surface area (Å²) in [6.45, 7) is 0.298. The van der Waals surface area contributed by atoms with Crippen LogP contribution in [-0.2, 0) is 22.1 Å². The average Bonchev–Trinajstić information content (AvgIpc) is 3.12. The van der Waals surface area contributed by atoms with Gasteiger partial charge in [-0.25, -0.2) is 13.4 Å². The van der Waals surface area contributed by atoms with E-state index in [9.17, 15) is 13.2 Å². The first-order chi connectivity index (χ1) is 12.5. The van der Waals surface area contributed by atoms with E-state index in [2.05, 4.69) is 10.3 Å². The van der Waals surface area contributed by atoms with Crippen LogP contribution in [0, 0.1) is 0 Å². The van der Waals surface area contributed by atoms with Gasteiger partial charge in [0.2, 0.25) is 0 Å². The molecule has 0 radical (unpaired) electrons. The Morgan fingerprint density at radius 1 is 1.27 bits per heavy atom. The van der Waals surface area contributed by atoms with Crippen molar-refractivity contribution in [3.8, 4) is 0 Å². The molecule has 0 atom stereocenters. The molecule has 1 aliphatic rings. The van der Waals surface area contributed by atoms with Crippen molar-refractivity contribution in [3.05, 3.63) is 45.9 Å². The third-order valence-corrected chi connectivity index (χ3v) is 7.67. The predicted octanol–water partition coefficient (Wildman–Crippen LogP) is 3.10. The molecule has 8 heteroatoms. The highest BCUT2D eigenvalue weighted by Gasteiger charge is 2.27. The number of anilines is 1. The van der Waals surface area contributed by atoms with Gasteiger partial charge in [0, 0.05) is 17.6 Å². The van der Waals surface area contributed by atoms with Crippen LogP contribution in [0.15, 0.2) is 29.6 Å². The van der Waals surface area contributed by atoms with Gasteiger partial charge < -0.3 is 11.1 Å². The summed E-state index contributed by atoms with van der Waals surface area (Å²) in [6, 6.07) is 7.00. The Morgan fingerprint density at radius 2 is 2.04 bits per heavy atom. The number of benzene rings is 1. The van der Waals surface area contributed by atoms with Crippen LogP contribution in [0.3, 0.4) is 0 Å². The minimum atomic E-state index is -3.17. The summed E-state index contributed by atoms with van der Waals surface area (Å²) in [6.07, 6.45) is 4.60. The zero-order valence-corrected chi connectivity index (χ0v) is 16.1. The first-order valence-electron chi connectivity index (χ1n) is 8.74. The van der Waals surface area contributed by atoms with Crippen molar-refractivity contribution in [2.75, 3.05) is 5.32 Å². The van der Waals surface area contributed by atoms with Gasteiger partial charge in [0.05, 0.1) is 11.0 Å². The highest BCUT2D eigenvalue weighted by atomic mass is 32.2. The van der Waals surface area contributed by atoms with Crippen molar-refractivity contribution in [2.24, 2.45) is 5.73 Å². The fourth-order valence-electron chi connectivity index (χ4n) is 3.22. The lowest BCUT2D eigenvalue weighted by Crippen LogP contribution is -2.25. The molecule has 0 unspecified atom stereocenters. The van der Waals surface area contributed by atoms with Crippen LogP contribution in [-0.4, -0.2) is 24.6 Å². The van der Waals surface area contributed by atoms with Crippen LogP contribution in [0.25, 0.3) is 0 Å². The highest BCUT2D eigenvalue weighted by molar-refractivity contribution is 7.91. The molecule has 1 aromatic carbocycles. The van der Waals surface area contributed by atoms with E-state index >= 15 is 0 Å². The average molecular weight is 394 g/mol. The summed E-state index contributed by atoms with van der Waals surface area (Å²) >= 11 is 1.34. The van der Waals surface area contributed by atoms with Gasteiger partial charge in [0.25, 0.3) is 5.91 Å². The van der Waals surface area contributed by atoms with Gasteiger partial charge in [-0.3, -0.25) is 4.79 Å². The Labute approximate surface area is 157 Å². The van der Waals surface area contributed by atoms with E-state index in [0.717, 1.165) is 32.1 Å². The van der Waals surface area contributed by atoms with E-state index in [1.807, 2.05) is 0 Å². The van der Waals surface area contributed by atoms with Crippen molar-refractivity contribution in [2.45, 2.75) is 49.7 Å². The standard InChI is InChI=1S/C18H23N3O3S2/c19-10-17-21-16(11-25-17)18(22)20-14-6-4-5-13(9-14)12-26(23,24)15-7-2-1-3-8-15/h4-6,9,11,15H,1-3,7-8,10,12,19H2,(H,20,22). The van der Waals surface area contributed by atoms with Crippen LogP contribution >= 0.6 is 11.3 Å². The molecule has 0 saturated heterocycles. The maximum atomic E-state index is 12.6. The van der Waals surface area contributed by atoms with E-state index in [4.69, 9.17) is 5.73 Å². The van der Waals surface area contributed by atoms with Crippen molar-refractivity contribution >= 4 is 32.8 Å². The maximum Gasteiger partial charge on any atom is 0.275 e. The monoisotopic (exact) mass is 393 g/mol. The molecular weight excluding hydrogens is 370 g/mol. The number of rotatable bonds is 6. The normalized spacial score (nSPS) is 15.7. The fraction of sp³-hybridized carbons (Fsp3) is 0.444. The summed E-state index contributed by atoms with van der Waals surface area (Å²) in [5.74, 6) is -0.316. The molecule has 1 saturated carbocycles. The number of carbonyl (C=O) groups is 1. The van der Waals surface area contributed by atoms with Gasteiger partial charge >= 0.3 is 0 Å². The quantitative estimate of drug-likeness (QED) is 0.785. The van der Waals surface area contributed by atoms with E-state index in [1.165, 1.54) is 11.3 Å². The molecule has 0 bridgehead atoms. The molecule has 1 aromatic heterocycles. The van der Waals surface area contributed by atoms with Gasteiger partial charge in [-0.15, -0.1) is 11.3 Å². The third-order valence-electron chi connectivity index (χ3n) is 4.57. The maximum absolute atomic E-state index is 12.6. The Balaban J connectivity index is 1.68. The second-order valence-electron chi connectivity index (χ2n) is 6.55. The summed E-state index contributed by atoms with van der Waals surface area (Å²) < 4.78 is 25.3. The van der Waals surface area contributed by atoms with Crippen molar-refractivity contribution in [1.29, 1.82) is 0 Å². The molecule has 3 rings (SSSR count). The van der Waals surface area contributed by atoms with Crippen molar-refractivity contribution < 1.29 is 13.2 Å². The van der Waals surface area contributed by atoms with Crippen LogP contribution in [0.5, 0.6) is 0 Å². The lowest BCUT2D eigenvalue weighted by Gasteiger charge is -2.21. The van der Waals surface area contributed by atoms with E-state index in [0.29, 0.717) is 28.5 Å². The van der Waals surface area contributed by atoms with Gasteiger partial charge in [-0.05, 0) is 30.5 Å². The molecule has 6 nitrogen and oxygen atoms in total. The Bertz CT molecular complexity index is 871. The van der Waals surface area contributed by atoms with Gasteiger partial charge in [0.1, 0.15) is 10.7 Å². The number of hydrogen-bond donors (Lipinski definition) is 2. The fourth-order valence-corrected chi connectivity index (χ4v) is 5.80. The van der Waals surface area contributed by atoms with Gasteiger partial charge in [-0.2, -0.15) is 0 Å². The second-order valence-corrected chi connectivity index (χ2v) is 9.78. The molecular formula is C18H23N3O3S2. The van der Waals surface area contributed by atoms with E-state index in [1.54, 1.807) is 29.6 Å². The first kappa shape index (κ1) is 19.0. The molecule has 3 N–H and O–H groups in total. The number of sulfone groups is 1. The minimum absolute atomic E-state index is 0.00933. The largest absolute Gasteiger partial charge is 0.325 e. The molecule has 1 fully saturated rings.